The predicted octanol–water partition coefficient (Wildman–Crippen LogP) is -0.992. The average molecular weight is 120 g/mol. The molecule has 0 bridgehead atoms. The van der Waals surface area contributed by atoms with Crippen molar-refractivity contribution in [1.82, 2.24) is 4.90 Å². The summed E-state index contributed by atoms with van der Waals surface area (Å²) in [4.78, 5) is 2.65. The zero-order valence-electron chi connectivity index (χ0n) is 4.99. The quantitative estimate of drug-likeness (QED) is 0.444. The molecule has 6 fully saturated rings. The summed E-state index contributed by atoms with van der Waals surface area (Å²) in [6, 6.07) is 2.85. The Hall–Kier alpha value is -0.0800. The number of hydrogen-bond donors (Lipinski definition) is 1. The van der Waals surface area contributed by atoms with E-state index in [2.05, 4.69) is 4.90 Å². The Morgan fingerprint density at radius 1 is 1.22 bits per heavy atom. The molecule has 2 N–H and O–H groups in total. The molecule has 46 valence electrons. The van der Waals surface area contributed by atoms with Gasteiger partial charge in [-0.15, -0.1) is 0 Å². The molecule has 0 aromatic carbocycles. The molecule has 3 unspecified atom stereocenters. The minimum absolute atomic E-state index is 0.393. The molecule has 6 aliphatic rings. The largest absolute Gasteiger partial charge is 0.322 e. The number of piperidine rings is 12. The maximum Gasteiger partial charge on any atom is 0.0513 e. The Kier molecular flexibility index (Phi) is 0.195. The summed E-state index contributed by atoms with van der Waals surface area (Å²) in [5, 5.41) is 0. The Balaban J connectivity index is 1.93. The molecule has 3 heterocycles. The predicted molar refractivity (Wildman–Crippen MR) is 30.6 cm³/mol. The summed E-state index contributed by atoms with van der Waals surface area (Å²) in [7, 11) is 0. The first-order valence-electron chi connectivity index (χ1n) is 3.93. The van der Waals surface area contributed by atoms with Crippen molar-refractivity contribution in [1.29, 1.82) is 0 Å². The Bertz CT molecular complexity index is 209. The molecule has 0 amide bonds. The van der Waals surface area contributed by atoms with E-state index >= 15 is 0 Å². The van der Waals surface area contributed by atoms with Gasteiger partial charge in [0.15, 0.2) is 0 Å². The van der Waals surface area contributed by atoms with Crippen LogP contribution in [0.15, 0.2) is 0 Å². The minimum atomic E-state index is 0.393. The van der Waals surface area contributed by atoms with Crippen LogP contribution in [0, 0.1) is 17.8 Å². The summed E-state index contributed by atoms with van der Waals surface area (Å²) < 4.78 is 0. The highest BCUT2D eigenvalue weighted by Gasteiger charge is 3.03. The molecule has 3 aliphatic heterocycles. The normalized spacial score (nSPS) is 99.7. The molecule has 3 aliphatic carbocycles. The van der Waals surface area contributed by atoms with Crippen LogP contribution in [0.25, 0.3) is 0 Å². The zero-order chi connectivity index (χ0) is 5.54. The van der Waals surface area contributed by atoms with Gasteiger partial charge in [0.25, 0.3) is 0 Å². The third kappa shape index (κ3) is 0.0955. The van der Waals surface area contributed by atoms with Crippen molar-refractivity contribution in [3.63, 3.8) is 0 Å². The first-order chi connectivity index (χ1) is 4.37. The van der Waals surface area contributed by atoms with Gasteiger partial charge in [-0.2, -0.15) is 0 Å². The molecule has 2 heteroatoms. The maximum atomic E-state index is 6.14. The lowest BCUT2D eigenvalue weighted by atomic mass is 9.13. The Labute approximate surface area is 53.0 Å². The highest BCUT2D eigenvalue weighted by molar-refractivity contribution is 5.58. The number of rotatable bonds is 0. The van der Waals surface area contributed by atoms with Gasteiger partial charge in [-0.25, -0.2) is 0 Å². The van der Waals surface area contributed by atoms with Crippen molar-refractivity contribution in [3.05, 3.63) is 0 Å². The van der Waals surface area contributed by atoms with E-state index in [9.17, 15) is 0 Å². The van der Waals surface area contributed by atoms with Gasteiger partial charge < -0.3 is 5.73 Å². The summed E-state index contributed by atoms with van der Waals surface area (Å²) >= 11 is 0. The molecule has 7 atom stereocenters. The van der Waals surface area contributed by atoms with E-state index in [1.807, 2.05) is 0 Å². The fraction of sp³-hybridized carbons (Fsp3) is 1.00. The first-order valence-corrected chi connectivity index (χ1v) is 3.93. The summed E-state index contributed by atoms with van der Waals surface area (Å²) in [6.07, 6.45) is 0. The highest BCUT2D eigenvalue weighted by Crippen LogP contribution is 2.90. The third-order valence-corrected chi connectivity index (χ3v) is 4.94. The molecule has 3 saturated carbocycles. The van der Waals surface area contributed by atoms with E-state index in [1.54, 1.807) is 0 Å². The van der Waals surface area contributed by atoms with Crippen LogP contribution < -0.4 is 5.73 Å². The van der Waals surface area contributed by atoms with Crippen molar-refractivity contribution in [2.45, 2.75) is 23.7 Å². The average Bonchev–Trinajstić information content (AvgIpc) is 1.88. The van der Waals surface area contributed by atoms with Crippen molar-refractivity contribution in [2.75, 3.05) is 0 Å². The van der Waals surface area contributed by atoms with Gasteiger partial charge in [0, 0.05) is 18.1 Å². The molecule has 0 aromatic rings. The summed E-state index contributed by atoms with van der Waals surface area (Å²) in [5.41, 5.74) is 6.53. The van der Waals surface area contributed by atoms with Crippen LogP contribution in [0.1, 0.15) is 0 Å². The van der Waals surface area contributed by atoms with Crippen molar-refractivity contribution >= 4 is 0 Å². The van der Waals surface area contributed by atoms with Gasteiger partial charge >= 0.3 is 0 Å². The zero-order valence-corrected chi connectivity index (χ0v) is 4.99. The number of nitrogens with two attached hydrogens (primary N) is 1. The van der Waals surface area contributed by atoms with E-state index in [0.717, 1.165) is 35.9 Å². The highest BCUT2D eigenvalue weighted by atomic mass is 15.6. The monoisotopic (exact) mass is 120 g/mol. The van der Waals surface area contributed by atoms with E-state index in [-0.39, 0.29) is 0 Å². The van der Waals surface area contributed by atoms with E-state index < -0.39 is 0 Å². The maximum absolute atomic E-state index is 6.14. The van der Waals surface area contributed by atoms with Crippen LogP contribution >= 0.6 is 0 Å². The lowest BCUT2D eigenvalue weighted by Crippen LogP contribution is -3.21. The smallest absolute Gasteiger partial charge is 0.0513 e. The van der Waals surface area contributed by atoms with Gasteiger partial charge in [-0.3, -0.25) is 4.90 Å². The van der Waals surface area contributed by atoms with Gasteiger partial charge in [0.2, 0.25) is 0 Å². The van der Waals surface area contributed by atoms with Crippen molar-refractivity contribution in [2.24, 2.45) is 23.5 Å². The lowest BCUT2D eigenvalue weighted by molar-refractivity contribution is -0.554. The van der Waals surface area contributed by atoms with Crippen molar-refractivity contribution in [3.8, 4) is 0 Å². The topological polar surface area (TPSA) is 29.3 Å². The lowest BCUT2D eigenvalue weighted by Gasteiger charge is -3.07. The van der Waals surface area contributed by atoms with E-state index in [1.165, 1.54) is 0 Å². The van der Waals surface area contributed by atoms with E-state index in [4.69, 9.17) is 5.73 Å². The Morgan fingerprint density at radius 2 is 1.89 bits per heavy atom. The van der Waals surface area contributed by atoms with Crippen LogP contribution in [-0.4, -0.2) is 28.6 Å². The molecule has 2 nitrogen and oxygen atoms in total. The second-order valence-electron chi connectivity index (χ2n) is 4.51. The molecular formula is C7H8N2. The second kappa shape index (κ2) is 0.523. The van der Waals surface area contributed by atoms with Gasteiger partial charge in [-0.05, 0) is 17.8 Å². The SMILES string of the molecule is NC12C3[C@H]4C5[C@@H]3[C@H]1N5[C@H]42. The summed E-state index contributed by atoms with van der Waals surface area (Å²) in [5.74, 6) is 3.22. The number of nitrogens with zero attached hydrogens (tertiary/aromatic N) is 1. The molecular weight excluding hydrogens is 112 g/mol. The van der Waals surface area contributed by atoms with Crippen LogP contribution in [0.3, 0.4) is 0 Å². The fourth-order valence-corrected chi connectivity index (χ4v) is 4.79. The van der Waals surface area contributed by atoms with Crippen LogP contribution in [0.5, 0.6) is 0 Å². The number of hydrogen-bond acceptors (Lipinski definition) is 2. The molecule has 0 spiro atoms. The minimum Gasteiger partial charge on any atom is -0.322 e. The van der Waals surface area contributed by atoms with Gasteiger partial charge in [-0.1, -0.05) is 0 Å². The van der Waals surface area contributed by atoms with Gasteiger partial charge in [0.05, 0.1) is 5.54 Å². The Morgan fingerprint density at radius 3 is 2.11 bits per heavy atom. The molecule has 0 radical (unpaired) electrons. The van der Waals surface area contributed by atoms with Crippen LogP contribution in [0.4, 0.5) is 0 Å². The molecule has 0 aromatic heterocycles. The summed E-state index contributed by atoms with van der Waals surface area (Å²) in [6.45, 7) is 0. The second-order valence-corrected chi connectivity index (χ2v) is 4.51. The van der Waals surface area contributed by atoms with Gasteiger partial charge in [0.1, 0.15) is 0 Å². The van der Waals surface area contributed by atoms with Crippen LogP contribution in [-0.2, 0) is 0 Å². The fourth-order valence-electron chi connectivity index (χ4n) is 4.79. The van der Waals surface area contributed by atoms with E-state index in [0.29, 0.717) is 5.54 Å². The standard InChI is InChI=1S/C7H8N2/c8-7-3-1-4-2(3)6(7)9(4)5(1)7/h1-6H,8H2/t1-,2+,3?,4?,5-,6-,7?/m1/s1. The van der Waals surface area contributed by atoms with Crippen molar-refractivity contribution < 1.29 is 0 Å². The van der Waals surface area contributed by atoms with Crippen LogP contribution in [0.2, 0.25) is 0 Å². The molecule has 6 rings (SSSR count). The third-order valence-electron chi connectivity index (χ3n) is 4.94. The molecule has 9 heavy (non-hydrogen) atoms. The first kappa shape index (κ1) is 3.35. The molecule has 3 saturated heterocycles.